The number of nitrogens with zero attached hydrogens (tertiary/aromatic N) is 4. The number of piperidine rings is 1. The predicted molar refractivity (Wildman–Crippen MR) is 133 cm³/mol. The van der Waals surface area contributed by atoms with E-state index in [-0.39, 0.29) is 23.9 Å². The summed E-state index contributed by atoms with van der Waals surface area (Å²) in [5, 5.41) is 4.06. The SMILES string of the molecule is C=CCN(Cc1nc(-c2cccc(C)c2)no1)C(=O)C1CCCN(S(=O)(=O)c2ccc(C)cc2)C1. The Morgan fingerprint density at radius 1 is 1.20 bits per heavy atom. The van der Waals surface area contributed by atoms with E-state index in [9.17, 15) is 13.2 Å². The highest BCUT2D eigenvalue weighted by Gasteiger charge is 2.35. The van der Waals surface area contributed by atoms with Crippen LogP contribution >= 0.6 is 0 Å². The molecule has 0 aliphatic carbocycles. The number of carbonyl (C=O) groups excluding carboxylic acids is 1. The Bertz CT molecular complexity index is 1300. The summed E-state index contributed by atoms with van der Waals surface area (Å²) in [4.78, 5) is 19.7. The summed E-state index contributed by atoms with van der Waals surface area (Å²) in [5.41, 5.74) is 2.91. The molecule has 2 heterocycles. The number of hydrogen-bond acceptors (Lipinski definition) is 6. The van der Waals surface area contributed by atoms with Crippen molar-refractivity contribution < 1.29 is 17.7 Å². The summed E-state index contributed by atoms with van der Waals surface area (Å²) in [6.07, 6.45) is 2.87. The van der Waals surface area contributed by atoms with Crippen molar-refractivity contribution in [2.24, 2.45) is 5.92 Å². The first kappa shape index (κ1) is 24.8. The first-order valence-corrected chi connectivity index (χ1v) is 13.1. The number of benzene rings is 2. The predicted octanol–water partition coefficient (Wildman–Crippen LogP) is 3.97. The van der Waals surface area contributed by atoms with E-state index in [1.165, 1.54) is 4.31 Å². The van der Waals surface area contributed by atoms with Gasteiger partial charge in [0.05, 0.1) is 10.8 Å². The summed E-state index contributed by atoms with van der Waals surface area (Å²) in [5.74, 6) is 0.173. The molecule has 8 nitrogen and oxygen atoms in total. The Labute approximate surface area is 206 Å². The van der Waals surface area contributed by atoms with Gasteiger partial charge in [0, 0.05) is 25.2 Å². The molecule has 1 fully saturated rings. The topological polar surface area (TPSA) is 96.6 Å². The van der Waals surface area contributed by atoms with Crippen molar-refractivity contribution in [1.82, 2.24) is 19.3 Å². The molecular weight excluding hydrogens is 464 g/mol. The molecule has 0 spiro atoms. The van der Waals surface area contributed by atoms with Crippen LogP contribution < -0.4 is 0 Å². The van der Waals surface area contributed by atoms with Gasteiger partial charge in [-0.05, 0) is 44.9 Å². The van der Waals surface area contributed by atoms with E-state index in [1.807, 2.05) is 38.1 Å². The Hall–Kier alpha value is -3.30. The third kappa shape index (κ3) is 5.68. The highest BCUT2D eigenvalue weighted by Crippen LogP contribution is 2.26. The molecule has 0 bridgehead atoms. The van der Waals surface area contributed by atoms with E-state index in [0.29, 0.717) is 37.6 Å². The molecule has 1 aliphatic rings. The van der Waals surface area contributed by atoms with Crippen LogP contribution in [0.2, 0.25) is 0 Å². The second kappa shape index (κ2) is 10.5. The molecule has 184 valence electrons. The highest BCUT2D eigenvalue weighted by atomic mass is 32.2. The first-order chi connectivity index (χ1) is 16.8. The van der Waals surface area contributed by atoms with Crippen LogP contribution in [0.25, 0.3) is 11.4 Å². The number of amides is 1. The maximum Gasteiger partial charge on any atom is 0.246 e. The molecule has 1 atom stereocenters. The zero-order valence-corrected chi connectivity index (χ0v) is 20.9. The van der Waals surface area contributed by atoms with Gasteiger partial charge in [-0.25, -0.2) is 8.42 Å². The molecule has 1 amide bonds. The number of sulfonamides is 1. The standard InChI is InChI=1S/C26H30N4O4S/c1-4-14-29(18-24-27-25(28-34-24)21-8-5-7-20(3)16-21)26(31)22-9-6-15-30(17-22)35(32,33)23-12-10-19(2)11-13-23/h4-5,7-8,10-13,16,22H,1,6,9,14-15,17-18H2,2-3H3. The van der Waals surface area contributed by atoms with E-state index in [4.69, 9.17) is 4.52 Å². The average molecular weight is 495 g/mol. The van der Waals surface area contributed by atoms with Crippen molar-refractivity contribution in [2.45, 2.75) is 38.1 Å². The average Bonchev–Trinajstić information content (AvgIpc) is 3.32. The van der Waals surface area contributed by atoms with Gasteiger partial charge in [0.1, 0.15) is 6.54 Å². The van der Waals surface area contributed by atoms with E-state index < -0.39 is 15.9 Å². The first-order valence-electron chi connectivity index (χ1n) is 11.6. The third-order valence-corrected chi connectivity index (χ3v) is 8.00. The summed E-state index contributed by atoms with van der Waals surface area (Å²) >= 11 is 0. The maximum absolute atomic E-state index is 13.4. The number of aryl methyl sites for hydroxylation is 2. The Balaban J connectivity index is 1.48. The Kier molecular flexibility index (Phi) is 7.47. The molecule has 0 radical (unpaired) electrons. The fraction of sp³-hybridized carbons (Fsp3) is 0.346. The summed E-state index contributed by atoms with van der Waals surface area (Å²) in [7, 11) is -3.67. The van der Waals surface area contributed by atoms with Gasteiger partial charge in [-0.2, -0.15) is 9.29 Å². The summed E-state index contributed by atoms with van der Waals surface area (Å²) in [6, 6.07) is 14.6. The van der Waals surface area contributed by atoms with Crippen LogP contribution in [-0.2, 0) is 21.4 Å². The molecule has 1 aromatic heterocycles. The van der Waals surface area contributed by atoms with Gasteiger partial charge in [-0.1, -0.05) is 52.7 Å². The molecule has 2 aromatic carbocycles. The number of rotatable bonds is 8. The maximum atomic E-state index is 13.4. The minimum absolute atomic E-state index is 0.130. The van der Waals surface area contributed by atoms with Gasteiger partial charge in [-0.3, -0.25) is 4.79 Å². The monoisotopic (exact) mass is 494 g/mol. The molecule has 35 heavy (non-hydrogen) atoms. The largest absolute Gasteiger partial charge is 0.337 e. The van der Waals surface area contributed by atoms with Crippen molar-refractivity contribution in [3.05, 3.63) is 78.2 Å². The van der Waals surface area contributed by atoms with E-state index in [2.05, 4.69) is 16.7 Å². The molecule has 3 aromatic rings. The van der Waals surface area contributed by atoms with Gasteiger partial charge in [0.25, 0.3) is 0 Å². The van der Waals surface area contributed by atoms with Gasteiger partial charge < -0.3 is 9.42 Å². The lowest BCUT2D eigenvalue weighted by Gasteiger charge is -2.33. The normalized spacial score (nSPS) is 16.7. The molecular formula is C26H30N4O4S. The third-order valence-electron chi connectivity index (χ3n) is 6.12. The second-order valence-corrected chi connectivity index (χ2v) is 10.8. The van der Waals surface area contributed by atoms with Gasteiger partial charge in [0.2, 0.25) is 27.6 Å². The number of hydrogen-bond donors (Lipinski definition) is 0. The lowest BCUT2D eigenvalue weighted by atomic mass is 9.98. The minimum Gasteiger partial charge on any atom is -0.337 e. The van der Waals surface area contributed by atoms with Crippen LogP contribution in [-0.4, -0.2) is 53.3 Å². The van der Waals surface area contributed by atoms with Crippen molar-refractivity contribution in [3.63, 3.8) is 0 Å². The minimum atomic E-state index is -3.67. The van der Waals surface area contributed by atoms with Crippen molar-refractivity contribution in [3.8, 4) is 11.4 Å². The second-order valence-electron chi connectivity index (χ2n) is 8.90. The number of carbonyl (C=O) groups is 1. The fourth-order valence-electron chi connectivity index (χ4n) is 4.25. The van der Waals surface area contributed by atoms with Gasteiger partial charge >= 0.3 is 0 Å². The smallest absolute Gasteiger partial charge is 0.246 e. The molecule has 9 heteroatoms. The van der Waals surface area contributed by atoms with Crippen LogP contribution in [0.1, 0.15) is 29.9 Å². The summed E-state index contributed by atoms with van der Waals surface area (Å²) in [6.45, 7) is 8.62. The highest BCUT2D eigenvalue weighted by molar-refractivity contribution is 7.89. The molecule has 1 aliphatic heterocycles. The van der Waals surface area contributed by atoms with Crippen molar-refractivity contribution in [1.29, 1.82) is 0 Å². The molecule has 0 N–H and O–H groups in total. The van der Waals surface area contributed by atoms with Crippen molar-refractivity contribution in [2.75, 3.05) is 19.6 Å². The fourth-order valence-corrected chi connectivity index (χ4v) is 5.78. The Morgan fingerprint density at radius 3 is 2.69 bits per heavy atom. The van der Waals surface area contributed by atoms with E-state index in [1.54, 1.807) is 35.2 Å². The van der Waals surface area contributed by atoms with Gasteiger partial charge in [0.15, 0.2) is 0 Å². The van der Waals surface area contributed by atoms with Crippen LogP contribution in [0.5, 0.6) is 0 Å². The molecule has 1 saturated heterocycles. The van der Waals surface area contributed by atoms with Crippen LogP contribution in [0.4, 0.5) is 0 Å². The zero-order chi connectivity index (χ0) is 25.0. The quantitative estimate of drug-likeness (QED) is 0.440. The molecule has 1 unspecified atom stereocenters. The Morgan fingerprint density at radius 2 is 1.97 bits per heavy atom. The van der Waals surface area contributed by atoms with Gasteiger partial charge in [-0.15, -0.1) is 6.58 Å². The lowest BCUT2D eigenvalue weighted by molar-refractivity contribution is -0.137. The van der Waals surface area contributed by atoms with Crippen LogP contribution in [0.15, 0.2) is 70.6 Å². The number of aromatic nitrogens is 2. The summed E-state index contributed by atoms with van der Waals surface area (Å²) < 4.78 is 33.2. The van der Waals surface area contributed by atoms with E-state index >= 15 is 0 Å². The molecule has 0 saturated carbocycles. The van der Waals surface area contributed by atoms with Crippen LogP contribution in [0, 0.1) is 19.8 Å². The van der Waals surface area contributed by atoms with Crippen LogP contribution in [0.3, 0.4) is 0 Å². The van der Waals surface area contributed by atoms with Crippen molar-refractivity contribution >= 4 is 15.9 Å². The molecule has 4 rings (SSSR count). The zero-order valence-electron chi connectivity index (χ0n) is 20.1. The van der Waals surface area contributed by atoms with E-state index in [0.717, 1.165) is 16.7 Å². The lowest BCUT2D eigenvalue weighted by Crippen LogP contribution is -2.46.